The topological polar surface area (TPSA) is 144 Å². The minimum atomic E-state index is -4.04. The molecule has 3 aromatic rings. The van der Waals surface area contributed by atoms with Crippen LogP contribution >= 0.6 is 0 Å². The number of aromatic nitrogens is 1. The van der Waals surface area contributed by atoms with Crippen molar-refractivity contribution < 1.29 is 22.7 Å². The van der Waals surface area contributed by atoms with Crippen molar-refractivity contribution in [1.29, 1.82) is 0 Å². The van der Waals surface area contributed by atoms with Crippen LogP contribution in [0.3, 0.4) is 0 Å². The Hall–Kier alpha value is -3.73. The fourth-order valence-electron chi connectivity index (χ4n) is 2.54. The minimum Gasteiger partial charge on any atom is -0.359 e. The molecule has 0 saturated heterocycles. The highest BCUT2D eigenvalue weighted by Gasteiger charge is 2.21. The third-order valence-electron chi connectivity index (χ3n) is 4.23. The van der Waals surface area contributed by atoms with Crippen LogP contribution in [-0.2, 0) is 15.4 Å². The number of rotatable bonds is 6. The van der Waals surface area contributed by atoms with Crippen LogP contribution in [0.4, 0.5) is 17.2 Å². The molecule has 162 valence electrons. The number of benzene rings is 2. The molecule has 3 rings (SSSR count). The molecule has 0 saturated carbocycles. The number of nitrogens with zero attached hydrogens (tertiary/aromatic N) is 2. The summed E-state index contributed by atoms with van der Waals surface area (Å²) >= 11 is 0. The standard InChI is InChI=1S/C20H20N4O6S/c1-20(2,3)17-12-18(22-30-17)21-19(25)13-7-9-14(10-8-13)23-31(28,29)16-6-4-5-15(11-16)24(26)27/h4-12,23H,1-3H3,(H,21,22,25). The quantitative estimate of drug-likeness (QED) is 0.433. The van der Waals surface area contributed by atoms with Crippen LogP contribution in [0.25, 0.3) is 0 Å². The smallest absolute Gasteiger partial charge is 0.270 e. The van der Waals surface area contributed by atoms with Crippen molar-refractivity contribution in [3.63, 3.8) is 0 Å². The SMILES string of the molecule is CC(C)(C)c1cc(NC(=O)c2ccc(NS(=O)(=O)c3cccc([N+](=O)[O-])c3)cc2)no1. The van der Waals surface area contributed by atoms with Gasteiger partial charge in [0.25, 0.3) is 21.6 Å². The number of nitro benzene ring substituents is 1. The second-order valence-corrected chi connectivity index (χ2v) is 9.40. The summed E-state index contributed by atoms with van der Waals surface area (Å²) in [5.74, 6) is 0.445. The fourth-order valence-corrected chi connectivity index (χ4v) is 3.64. The number of nitrogens with one attached hydrogen (secondary N) is 2. The summed E-state index contributed by atoms with van der Waals surface area (Å²) in [6, 6.07) is 12.0. The minimum absolute atomic E-state index is 0.194. The van der Waals surface area contributed by atoms with E-state index in [4.69, 9.17) is 4.52 Å². The van der Waals surface area contributed by atoms with E-state index in [2.05, 4.69) is 15.2 Å². The first kappa shape index (κ1) is 22.0. The van der Waals surface area contributed by atoms with E-state index >= 15 is 0 Å². The number of nitro groups is 1. The van der Waals surface area contributed by atoms with Gasteiger partial charge in [0.15, 0.2) is 5.82 Å². The van der Waals surface area contributed by atoms with Crippen LogP contribution in [0, 0.1) is 10.1 Å². The molecule has 31 heavy (non-hydrogen) atoms. The van der Waals surface area contributed by atoms with Gasteiger partial charge in [0.1, 0.15) is 5.76 Å². The molecular formula is C20H20N4O6S. The van der Waals surface area contributed by atoms with Crippen LogP contribution < -0.4 is 10.0 Å². The van der Waals surface area contributed by atoms with E-state index in [-0.39, 0.29) is 33.1 Å². The van der Waals surface area contributed by atoms with E-state index in [1.54, 1.807) is 6.07 Å². The van der Waals surface area contributed by atoms with Crippen molar-refractivity contribution in [3.8, 4) is 0 Å². The molecule has 0 spiro atoms. The first-order chi connectivity index (χ1) is 14.5. The van der Waals surface area contributed by atoms with Crippen molar-refractivity contribution in [3.05, 3.63) is 76.0 Å². The van der Waals surface area contributed by atoms with E-state index in [1.165, 1.54) is 42.5 Å². The molecule has 2 aromatic carbocycles. The van der Waals surface area contributed by atoms with Crippen LogP contribution in [0.2, 0.25) is 0 Å². The molecule has 0 aliphatic carbocycles. The number of carbonyl (C=O) groups excluding carboxylic acids is 1. The second-order valence-electron chi connectivity index (χ2n) is 7.72. The molecule has 0 radical (unpaired) electrons. The van der Waals surface area contributed by atoms with E-state index in [1.807, 2.05) is 20.8 Å². The molecule has 1 amide bonds. The van der Waals surface area contributed by atoms with Crippen LogP contribution in [-0.4, -0.2) is 24.4 Å². The molecule has 0 bridgehead atoms. The lowest BCUT2D eigenvalue weighted by Crippen LogP contribution is -2.14. The Morgan fingerprint density at radius 2 is 1.77 bits per heavy atom. The van der Waals surface area contributed by atoms with Gasteiger partial charge in [-0.15, -0.1) is 0 Å². The Morgan fingerprint density at radius 1 is 1.10 bits per heavy atom. The van der Waals surface area contributed by atoms with Gasteiger partial charge in [0.2, 0.25) is 0 Å². The molecule has 1 aromatic heterocycles. The summed E-state index contributed by atoms with van der Waals surface area (Å²) in [5, 5.41) is 17.3. The summed E-state index contributed by atoms with van der Waals surface area (Å²) in [4.78, 5) is 22.3. The van der Waals surface area contributed by atoms with Gasteiger partial charge in [-0.2, -0.15) is 0 Å². The average molecular weight is 444 g/mol. The van der Waals surface area contributed by atoms with E-state index in [0.717, 1.165) is 6.07 Å². The monoisotopic (exact) mass is 444 g/mol. The Balaban J connectivity index is 1.71. The highest BCUT2D eigenvalue weighted by molar-refractivity contribution is 7.92. The fraction of sp³-hybridized carbons (Fsp3) is 0.200. The molecule has 0 atom stereocenters. The molecule has 0 fully saturated rings. The summed E-state index contributed by atoms with van der Waals surface area (Å²) < 4.78 is 32.5. The highest BCUT2D eigenvalue weighted by Crippen LogP contribution is 2.25. The van der Waals surface area contributed by atoms with E-state index in [9.17, 15) is 23.3 Å². The predicted molar refractivity (Wildman–Crippen MR) is 114 cm³/mol. The van der Waals surface area contributed by atoms with Crippen LogP contribution in [0.1, 0.15) is 36.9 Å². The van der Waals surface area contributed by atoms with E-state index < -0.39 is 20.9 Å². The van der Waals surface area contributed by atoms with Crippen LogP contribution in [0.15, 0.2) is 64.0 Å². The van der Waals surface area contributed by atoms with Crippen molar-refractivity contribution in [2.75, 3.05) is 10.0 Å². The third-order valence-corrected chi connectivity index (χ3v) is 5.61. The summed E-state index contributed by atoms with van der Waals surface area (Å²) in [6.07, 6.45) is 0. The van der Waals surface area contributed by atoms with Gasteiger partial charge in [-0.3, -0.25) is 19.6 Å². The number of hydrogen-bond acceptors (Lipinski definition) is 7. The van der Waals surface area contributed by atoms with Gasteiger partial charge in [0.05, 0.1) is 9.82 Å². The number of carbonyl (C=O) groups is 1. The Morgan fingerprint density at radius 3 is 2.35 bits per heavy atom. The van der Waals surface area contributed by atoms with Gasteiger partial charge in [-0.05, 0) is 30.3 Å². The molecule has 0 aliphatic heterocycles. The molecule has 10 nitrogen and oxygen atoms in total. The summed E-state index contributed by atoms with van der Waals surface area (Å²) in [6.45, 7) is 5.85. The largest absolute Gasteiger partial charge is 0.359 e. The van der Waals surface area contributed by atoms with Gasteiger partial charge < -0.3 is 9.84 Å². The number of amides is 1. The maximum absolute atomic E-state index is 12.5. The van der Waals surface area contributed by atoms with Crippen molar-refractivity contribution in [2.24, 2.45) is 0 Å². The molecule has 0 unspecified atom stereocenters. The number of sulfonamides is 1. The van der Waals surface area contributed by atoms with Gasteiger partial charge in [0, 0.05) is 34.9 Å². The van der Waals surface area contributed by atoms with E-state index in [0.29, 0.717) is 5.76 Å². The third kappa shape index (κ3) is 5.25. The summed E-state index contributed by atoms with van der Waals surface area (Å²) in [7, 11) is -4.04. The lowest BCUT2D eigenvalue weighted by atomic mass is 9.93. The Bertz CT molecular complexity index is 1230. The lowest BCUT2D eigenvalue weighted by Gasteiger charge is -2.12. The summed E-state index contributed by atoms with van der Waals surface area (Å²) in [5.41, 5.74) is -0.121. The predicted octanol–water partition coefficient (Wildman–Crippen LogP) is 3.93. The zero-order chi connectivity index (χ0) is 22.8. The maximum Gasteiger partial charge on any atom is 0.270 e. The molecular weight excluding hydrogens is 424 g/mol. The van der Waals surface area contributed by atoms with Gasteiger partial charge in [-0.1, -0.05) is 32.0 Å². The number of non-ortho nitro benzene ring substituents is 1. The van der Waals surface area contributed by atoms with Gasteiger partial charge >= 0.3 is 0 Å². The Kier molecular flexibility index (Phi) is 5.80. The number of anilines is 2. The maximum atomic E-state index is 12.5. The van der Waals surface area contributed by atoms with Crippen molar-refractivity contribution >= 4 is 33.1 Å². The zero-order valence-corrected chi connectivity index (χ0v) is 17.8. The van der Waals surface area contributed by atoms with Crippen molar-refractivity contribution in [2.45, 2.75) is 31.1 Å². The lowest BCUT2D eigenvalue weighted by molar-refractivity contribution is -0.385. The van der Waals surface area contributed by atoms with Crippen LogP contribution in [0.5, 0.6) is 0 Å². The Labute approximate surface area is 178 Å². The van der Waals surface area contributed by atoms with Crippen molar-refractivity contribution in [1.82, 2.24) is 5.16 Å². The first-order valence-corrected chi connectivity index (χ1v) is 10.6. The highest BCUT2D eigenvalue weighted by atomic mass is 32.2. The second kappa shape index (κ2) is 8.19. The average Bonchev–Trinajstić information content (AvgIpc) is 3.17. The number of hydrogen-bond donors (Lipinski definition) is 2. The molecule has 11 heteroatoms. The molecule has 0 aliphatic rings. The molecule has 2 N–H and O–H groups in total. The zero-order valence-electron chi connectivity index (χ0n) is 16.9. The molecule has 1 heterocycles. The normalized spacial score (nSPS) is 11.7. The van der Waals surface area contributed by atoms with Gasteiger partial charge in [-0.25, -0.2) is 8.42 Å². The first-order valence-electron chi connectivity index (χ1n) is 9.11.